The normalized spacial score (nSPS) is 5.40. The summed E-state index contributed by atoms with van der Waals surface area (Å²) in [5.41, 5.74) is 0. The van der Waals surface area contributed by atoms with Crippen LogP contribution in [0.15, 0.2) is 0 Å². The van der Waals surface area contributed by atoms with Gasteiger partial charge in [0.05, 0.1) is 0 Å². The molecule has 0 heterocycles. The largest absolute Gasteiger partial charge is 0.397 e. The molecule has 0 saturated carbocycles. The van der Waals surface area contributed by atoms with Gasteiger partial charge in [0.15, 0.2) is 0 Å². The Hall–Kier alpha value is 0.984. The van der Waals surface area contributed by atoms with E-state index in [9.17, 15) is 0 Å². The van der Waals surface area contributed by atoms with Crippen LogP contribution < -0.4 is 0 Å². The maximum absolute atomic E-state index is 7.57. The first-order valence-corrected chi connectivity index (χ1v) is 3.07. The third kappa shape index (κ3) is 592. The van der Waals surface area contributed by atoms with Crippen molar-refractivity contribution in [1.82, 2.24) is 0 Å². The van der Waals surface area contributed by atoms with Crippen LogP contribution in [0, 0.1) is 0 Å². The Bertz CT molecular complexity index is 17.7. The molecule has 10 heavy (non-hydrogen) atoms. The van der Waals surface area contributed by atoms with Crippen molar-refractivity contribution in [3.63, 3.8) is 0 Å². The monoisotopic (exact) mass is 227 g/mol. The fraction of sp³-hybridized carbons (Fsp3) is 1.00. The molecule has 0 spiro atoms. The van der Waals surface area contributed by atoms with Crippen molar-refractivity contribution in [3.8, 4) is 0 Å². The van der Waals surface area contributed by atoms with Crippen molar-refractivity contribution in [1.29, 1.82) is 0 Å². The van der Waals surface area contributed by atoms with Crippen molar-refractivity contribution in [2.75, 3.05) is 19.8 Å². The molecule has 1 radical (unpaired) electrons. The van der Waals surface area contributed by atoms with Crippen LogP contribution in [0.4, 0.5) is 0 Å². The van der Waals surface area contributed by atoms with Crippen molar-refractivity contribution in [2.24, 2.45) is 0 Å². The van der Waals surface area contributed by atoms with E-state index in [2.05, 4.69) is 0 Å². The minimum absolute atomic E-state index is 0. The summed E-state index contributed by atoms with van der Waals surface area (Å²) in [6.07, 6.45) is 0. The molecule has 0 aliphatic carbocycles. The Labute approximate surface area is 88.3 Å². The molecule has 0 aromatic carbocycles. The molecular formula is C6H18O3Y. The van der Waals surface area contributed by atoms with E-state index in [1.807, 2.05) is 0 Å². The maximum Gasteiger partial charge on any atom is 0.0402 e. The summed E-state index contributed by atoms with van der Waals surface area (Å²) in [5.74, 6) is 0. The molecule has 0 aliphatic rings. The summed E-state index contributed by atoms with van der Waals surface area (Å²) in [6, 6.07) is 0. The standard InChI is InChI=1S/3C2H6O.Y/c3*1-2-3;/h3*3H,2H2,1H3;. The van der Waals surface area contributed by atoms with Gasteiger partial charge in [0, 0.05) is 52.5 Å². The van der Waals surface area contributed by atoms with Crippen molar-refractivity contribution < 1.29 is 48.0 Å². The summed E-state index contributed by atoms with van der Waals surface area (Å²) in [7, 11) is 0. The molecule has 0 amide bonds. The van der Waals surface area contributed by atoms with Gasteiger partial charge in [-0.3, -0.25) is 0 Å². The Morgan fingerprint density at radius 1 is 0.700 bits per heavy atom. The minimum atomic E-state index is 0. The van der Waals surface area contributed by atoms with Crippen molar-refractivity contribution in [3.05, 3.63) is 0 Å². The maximum atomic E-state index is 7.57. The number of hydrogen-bond acceptors (Lipinski definition) is 3. The molecule has 4 heteroatoms. The van der Waals surface area contributed by atoms with Gasteiger partial charge in [-0.05, 0) is 20.8 Å². The van der Waals surface area contributed by atoms with Gasteiger partial charge in [-0.25, -0.2) is 0 Å². The van der Waals surface area contributed by atoms with Crippen LogP contribution >= 0.6 is 0 Å². The average Bonchev–Trinajstić information content (AvgIpc) is 1.70. The van der Waals surface area contributed by atoms with E-state index in [0.29, 0.717) is 0 Å². The van der Waals surface area contributed by atoms with E-state index >= 15 is 0 Å². The molecule has 3 N–H and O–H groups in total. The zero-order chi connectivity index (χ0) is 8.12. The number of aliphatic hydroxyl groups excluding tert-OH is 3. The minimum Gasteiger partial charge on any atom is -0.397 e. The zero-order valence-corrected chi connectivity index (χ0v) is 9.88. The molecule has 0 atom stereocenters. The molecule has 0 bridgehead atoms. The molecule has 0 saturated heterocycles. The molecule has 0 rings (SSSR count). The number of aliphatic hydroxyl groups is 3. The fourth-order valence-corrected chi connectivity index (χ4v) is 0. The van der Waals surface area contributed by atoms with E-state index < -0.39 is 0 Å². The molecule has 0 aliphatic heterocycles. The van der Waals surface area contributed by atoms with E-state index in [4.69, 9.17) is 15.3 Å². The van der Waals surface area contributed by atoms with E-state index in [1.54, 1.807) is 20.8 Å². The summed E-state index contributed by atoms with van der Waals surface area (Å²) in [4.78, 5) is 0. The molecule has 63 valence electrons. The molecule has 3 nitrogen and oxygen atoms in total. The first kappa shape index (κ1) is 22.4. The van der Waals surface area contributed by atoms with Gasteiger partial charge in [0.1, 0.15) is 0 Å². The predicted molar refractivity (Wildman–Crippen MR) is 38.3 cm³/mol. The molecular weight excluding hydrogens is 209 g/mol. The first-order valence-electron chi connectivity index (χ1n) is 3.07. The molecule has 0 unspecified atom stereocenters. The van der Waals surface area contributed by atoms with E-state index in [0.717, 1.165) is 0 Å². The summed E-state index contributed by atoms with van der Waals surface area (Å²) >= 11 is 0. The SMILES string of the molecule is CCO.CCO.CCO.[Y]. The summed E-state index contributed by atoms with van der Waals surface area (Å²) in [6.45, 7) is 5.79. The Morgan fingerprint density at radius 3 is 0.700 bits per heavy atom. The predicted octanol–water partition coefficient (Wildman–Crippen LogP) is -0.00670. The Morgan fingerprint density at radius 2 is 0.700 bits per heavy atom. The Balaban J connectivity index is -0.0000000257. The topological polar surface area (TPSA) is 60.7 Å². The second-order valence-corrected chi connectivity index (χ2v) is 0.949. The Kier molecular flexibility index (Phi) is 114. The summed E-state index contributed by atoms with van der Waals surface area (Å²) in [5, 5.41) is 22.7. The van der Waals surface area contributed by atoms with Crippen LogP contribution in [0.3, 0.4) is 0 Å². The third-order valence-corrected chi connectivity index (χ3v) is 0. The van der Waals surface area contributed by atoms with E-state index in [-0.39, 0.29) is 52.5 Å². The summed E-state index contributed by atoms with van der Waals surface area (Å²) < 4.78 is 0. The number of hydrogen-bond donors (Lipinski definition) is 3. The van der Waals surface area contributed by atoms with Gasteiger partial charge in [-0.1, -0.05) is 0 Å². The van der Waals surface area contributed by atoms with Crippen LogP contribution in [0.5, 0.6) is 0 Å². The third-order valence-electron chi connectivity index (χ3n) is 0. The number of rotatable bonds is 0. The quantitative estimate of drug-likeness (QED) is 0.545. The van der Waals surface area contributed by atoms with Gasteiger partial charge >= 0.3 is 0 Å². The zero-order valence-electron chi connectivity index (χ0n) is 7.04. The van der Waals surface area contributed by atoms with E-state index in [1.165, 1.54) is 0 Å². The average molecular weight is 227 g/mol. The van der Waals surface area contributed by atoms with Crippen LogP contribution in [-0.4, -0.2) is 35.1 Å². The van der Waals surface area contributed by atoms with Gasteiger partial charge in [0.25, 0.3) is 0 Å². The first-order chi connectivity index (χ1) is 4.24. The van der Waals surface area contributed by atoms with Gasteiger partial charge in [-0.15, -0.1) is 0 Å². The van der Waals surface area contributed by atoms with Gasteiger partial charge in [-0.2, -0.15) is 0 Å². The van der Waals surface area contributed by atoms with Crippen LogP contribution in [0.1, 0.15) is 20.8 Å². The smallest absolute Gasteiger partial charge is 0.0402 e. The second-order valence-electron chi connectivity index (χ2n) is 0.949. The second kappa shape index (κ2) is 50.8. The molecule has 0 aromatic rings. The molecule has 0 aromatic heterocycles. The van der Waals surface area contributed by atoms with Gasteiger partial charge in [0.2, 0.25) is 0 Å². The van der Waals surface area contributed by atoms with Crippen LogP contribution in [-0.2, 0) is 32.7 Å². The molecule has 0 fully saturated rings. The van der Waals surface area contributed by atoms with Gasteiger partial charge < -0.3 is 15.3 Å². The van der Waals surface area contributed by atoms with Crippen LogP contribution in [0.2, 0.25) is 0 Å². The fourth-order valence-electron chi connectivity index (χ4n) is 0. The van der Waals surface area contributed by atoms with Crippen molar-refractivity contribution in [2.45, 2.75) is 20.8 Å². The van der Waals surface area contributed by atoms with Crippen molar-refractivity contribution >= 4 is 0 Å². The van der Waals surface area contributed by atoms with Crippen LogP contribution in [0.25, 0.3) is 0 Å².